The number of carbonyl (C=O) groups is 3. The van der Waals surface area contributed by atoms with E-state index in [0.29, 0.717) is 5.52 Å². The topological polar surface area (TPSA) is 149 Å². The van der Waals surface area contributed by atoms with Crippen molar-refractivity contribution in [2.45, 2.75) is 56.9 Å². The Balaban J connectivity index is 1.10. The third-order valence-electron chi connectivity index (χ3n) is 9.04. The van der Waals surface area contributed by atoms with Crippen LogP contribution in [0.1, 0.15) is 49.5 Å². The second-order valence-corrected chi connectivity index (χ2v) is 12.6. The zero-order chi connectivity index (χ0) is 33.9. The molecule has 3 atom stereocenters. The summed E-state index contributed by atoms with van der Waals surface area (Å²) in [5, 5.41) is 14.1. The Morgan fingerprint density at radius 3 is 2.65 bits per heavy atom. The van der Waals surface area contributed by atoms with Crippen LogP contribution >= 0.6 is 0 Å². The van der Waals surface area contributed by atoms with Gasteiger partial charge in [-0.2, -0.15) is 0 Å². The number of aliphatic hydroxyl groups is 1. The molecular weight excluding hydrogens is 634 g/mol. The average Bonchev–Trinajstić information content (AvgIpc) is 3.73. The van der Waals surface area contributed by atoms with Gasteiger partial charge in [-0.05, 0) is 38.0 Å². The number of nitrogens with zero attached hydrogens (tertiary/aromatic N) is 3. The number of amides is 2. The van der Waals surface area contributed by atoms with E-state index in [4.69, 9.17) is 18.9 Å². The van der Waals surface area contributed by atoms with E-state index in [1.165, 1.54) is 30.2 Å². The highest BCUT2D eigenvalue weighted by atomic mass is 19.1. The second kappa shape index (κ2) is 12.0. The Morgan fingerprint density at radius 2 is 1.94 bits per heavy atom. The summed E-state index contributed by atoms with van der Waals surface area (Å²) in [6, 6.07) is 4.63. The average molecular weight is 669 g/mol. The molecule has 0 radical (unpaired) electrons. The largest absolute Gasteiger partial charge is 0.487 e. The van der Waals surface area contributed by atoms with Gasteiger partial charge in [0.25, 0.3) is 0 Å². The molecule has 2 amide bonds. The molecule has 3 aliphatic heterocycles. The Kier molecular flexibility index (Phi) is 7.89. The summed E-state index contributed by atoms with van der Waals surface area (Å²) in [7, 11) is 0. The highest BCUT2D eigenvalue weighted by molar-refractivity contribution is 5.98. The third kappa shape index (κ3) is 5.65. The summed E-state index contributed by atoms with van der Waals surface area (Å²) in [4.78, 5) is 52.4. The fourth-order valence-electron chi connectivity index (χ4n) is 6.68. The van der Waals surface area contributed by atoms with Crippen molar-refractivity contribution >= 4 is 40.2 Å². The number of benzene rings is 2. The molecule has 0 spiro atoms. The van der Waals surface area contributed by atoms with Gasteiger partial charge in [0.2, 0.25) is 11.3 Å². The number of anilines is 2. The molecule has 7 rings (SSSR count). The normalized spacial score (nSPS) is 23.0. The van der Waals surface area contributed by atoms with E-state index in [2.05, 4.69) is 5.32 Å². The molecule has 3 aromatic rings. The van der Waals surface area contributed by atoms with Crippen molar-refractivity contribution in [3.63, 3.8) is 0 Å². The van der Waals surface area contributed by atoms with Gasteiger partial charge in [-0.15, -0.1) is 0 Å². The third-order valence-corrected chi connectivity index (χ3v) is 9.04. The molecule has 0 unspecified atom stereocenters. The van der Waals surface area contributed by atoms with Crippen LogP contribution in [0.15, 0.2) is 35.3 Å². The van der Waals surface area contributed by atoms with Gasteiger partial charge in [-0.3, -0.25) is 14.5 Å². The maximum atomic E-state index is 15.9. The number of fused-ring (bicyclic) bond motifs is 5. The standard InChI is InChI=1S/C33H34F2N4O9/c1-3-45-31(42)23-13-37(18-4-5-18)27-22(29(23)41)9-25(35)28-30(27)46-14-20-10-33(44,15-39(20)28)16-47-26-7-6-19(8-24(26)34)38-12-21(48-32(38)43)11-36-17(2)40/h6-9,13,18,20-21,44H,3-5,10-12,14-16H2,1-2H3,(H,36,40)/t20-,21-,33-/m0/s1. The molecule has 3 fully saturated rings. The van der Waals surface area contributed by atoms with E-state index in [1.807, 2.05) is 0 Å². The number of ether oxygens (including phenoxy) is 4. The first-order valence-corrected chi connectivity index (χ1v) is 15.8. The monoisotopic (exact) mass is 668 g/mol. The molecule has 4 aliphatic rings. The summed E-state index contributed by atoms with van der Waals surface area (Å²) in [6.45, 7) is 3.03. The van der Waals surface area contributed by atoms with Gasteiger partial charge >= 0.3 is 12.1 Å². The van der Waals surface area contributed by atoms with Crippen molar-refractivity contribution in [3.8, 4) is 11.5 Å². The minimum Gasteiger partial charge on any atom is -0.487 e. The molecule has 4 heterocycles. The predicted octanol–water partition coefficient (Wildman–Crippen LogP) is 3.03. The molecule has 1 aliphatic carbocycles. The fraction of sp³-hybridized carbons (Fsp3) is 0.455. The maximum absolute atomic E-state index is 15.9. The summed E-state index contributed by atoms with van der Waals surface area (Å²) < 4.78 is 55.0. The zero-order valence-electron chi connectivity index (χ0n) is 26.3. The first kappa shape index (κ1) is 31.7. The van der Waals surface area contributed by atoms with Crippen LogP contribution in [0.2, 0.25) is 0 Å². The molecule has 254 valence electrons. The van der Waals surface area contributed by atoms with E-state index in [0.717, 1.165) is 25.0 Å². The lowest BCUT2D eigenvalue weighted by atomic mass is 10.0. The minimum atomic E-state index is -1.51. The van der Waals surface area contributed by atoms with Crippen LogP contribution in [0.4, 0.5) is 25.0 Å². The molecule has 13 nitrogen and oxygen atoms in total. The molecule has 48 heavy (non-hydrogen) atoms. The van der Waals surface area contributed by atoms with Gasteiger partial charge in [-0.25, -0.2) is 18.4 Å². The number of carbonyl (C=O) groups excluding carboxylic acids is 3. The number of pyridine rings is 1. The lowest BCUT2D eigenvalue weighted by molar-refractivity contribution is -0.119. The molecule has 2 aromatic carbocycles. The number of hydrogen-bond donors (Lipinski definition) is 2. The van der Waals surface area contributed by atoms with Crippen LogP contribution in [-0.2, 0) is 14.3 Å². The number of nitrogens with one attached hydrogen (secondary N) is 1. The van der Waals surface area contributed by atoms with Gasteiger partial charge in [-0.1, -0.05) is 0 Å². The zero-order valence-corrected chi connectivity index (χ0v) is 26.3. The Bertz CT molecular complexity index is 1900. The van der Waals surface area contributed by atoms with Crippen molar-refractivity contribution in [2.75, 3.05) is 49.3 Å². The van der Waals surface area contributed by atoms with Crippen molar-refractivity contribution in [1.29, 1.82) is 0 Å². The first-order valence-electron chi connectivity index (χ1n) is 15.8. The fourth-order valence-corrected chi connectivity index (χ4v) is 6.68. The van der Waals surface area contributed by atoms with Gasteiger partial charge < -0.3 is 38.8 Å². The predicted molar refractivity (Wildman–Crippen MR) is 167 cm³/mol. The van der Waals surface area contributed by atoms with Gasteiger partial charge in [0, 0.05) is 31.6 Å². The van der Waals surface area contributed by atoms with Crippen molar-refractivity contribution in [2.24, 2.45) is 0 Å². The van der Waals surface area contributed by atoms with E-state index in [-0.39, 0.29) is 91.6 Å². The van der Waals surface area contributed by atoms with E-state index < -0.39 is 46.9 Å². The molecular formula is C33H34F2N4O9. The van der Waals surface area contributed by atoms with E-state index >= 15 is 8.78 Å². The molecule has 1 aromatic heterocycles. The van der Waals surface area contributed by atoms with E-state index in [9.17, 15) is 24.3 Å². The highest BCUT2D eigenvalue weighted by Crippen LogP contribution is 2.48. The van der Waals surface area contributed by atoms with Crippen molar-refractivity contribution < 1.29 is 47.2 Å². The first-order chi connectivity index (χ1) is 23.0. The van der Waals surface area contributed by atoms with Gasteiger partial charge in [0.15, 0.2) is 23.1 Å². The Labute approximate surface area is 272 Å². The van der Waals surface area contributed by atoms with Crippen molar-refractivity contribution in [1.82, 2.24) is 9.88 Å². The number of cyclic esters (lactones) is 1. The molecule has 0 bridgehead atoms. The molecule has 2 saturated heterocycles. The Hall–Kier alpha value is -4.92. The summed E-state index contributed by atoms with van der Waals surface area (Å²) in [6.07, 6.45) is 1.96. The summed E-state index contributed by atoms with van der Waals surface area (Å²) >= 11 is 0. The quantitative estimate of drug-likeness (QED) is 0.326. The maximum Gasteiger partial charge on any atom is 0.414 e. The van der Waals surface area contributed by atoms with Crippen LogP contribution in [0, 0.1) is 11.6 Å². The molecule has 1 saturated carbocycles. The smallest absolute Gasteiger partial charge is 0.414 e. The van der Waals surface area contributed by atoms with Gasteiger partial charge in [0.05, 0.1) is 48.9 Å². The number of rotatable bonds is 9. The number of hydrogen-bond acceptors (Lipinski definition) is 10. The molecule has 15 heteroatoms. The molecule has 2 N–H and O–H groups in total. The minimum absolute atomic E-state index is 0.00337. The second-order valence-electron chi connectivity index (χ2n) is 12.6. The van der Waals surface area contributed by atoms with Gasteiger partial charge in [0.1, 0.15) is 36.2 Å². The number of aromatic nitrogens is 1. The van der Waals surface area contributed by atoms with Crippen LogP contribution in [-0.4, -0.2) is 84.8 Å². The van der Waals surface area contributed by atoms with E-state index in [1.54, 1.807) is 16.4 Å². The number of esters is 1. The van der Waals surface area contributed by atoms with Crippen LogP contribution < -0.4 is 30.0 Å². The Morgan fingerprint density at radius 1 is 1.15 bits per heavy atom. The highest BCUT2D eigenvalue weighted by Gasteiger charge is 2.48. The van der Waals surface area contributed by atoms with Crippen LogP contribution in [0.25, 0.3) is 10.9 Å². The summed E-state index contributed by atoms with van der Waals surface area (Å²) in [5.74, 6) is -2.55. The van der Waals surface area contributed by atoms with Crippen molar-refractivity contribution in [3.05, 3.63) is 57.9 Å². The summed E-state index contributed by atoms with van der Waals surface area (Å²) in [5.41, 5.74) is -1.63. The van der Waals surface area contributed by atoms with Crippen LogP contribution in [0.5, 0.6) is 11.5 Å². The lowest BCUT2D eigenvalue weighted by Gasteiger charge is -2.34. The lowest BCUT2D eigenvalue weighted by Crippen LogP contribution is -2.41. The van der Waals surface area contributed by atoms with Crippen LogP contribution in [0.3, 0.4) is 0 Å². The SMILES string of the molecule is CCOC(=O)c1cn(C2CC2)c2c3c(c(F)cc2c1=O)N1C[C@](O)(COc2ccc(N4C[C@H](CNC(C)=O)OC4=O)cc2F)C[C@H]1CO3. The number of halogens is 2.